The zero-order valence-electron chi connectivity index (χ0n) is 13.1. The number of fused-ring (bicyclic) bond motifs is 1. The summed E-state index contributed by atoms with van der Waals surface area (Å²) in [6.07, 6.45) is 1.81. The number of hydrogen-bond acceptors (Lipinski definition) is 3. The number of carbonyl (C=O) groups excluding carboxylic acids is 1. The van der Waals surface area contributed by atoms with Gasteiger partial charge in [0, 0.05) is 17.7 Å². The first-order valence-corrected chi connectivity index (χ1v) is 7.90. The molecule has 4 nitrogen and oxygen atoms in total. The molecule has 0 atom stereocenters. The Morgan fingerprint density at radius 3 is 2.75 bits per heavy atom. The first-order valence-electron chi connectivity index (χ1n) is 7.53. The van der Waals surface area contributed by atoms with Gasteiger partial charge in [-0.05, 0) is 30.7 Å². The van der Waals surface area contributed by atoms with Crippen molar-refractivity contribution in [2.24, 2.45) is 0 Å². The number of ketones is 1. The van der Waals surface area contributed by atoms with E-state index in [1.165, 1.54) is 0 Å². The molecular weight excluding hydrogens is 326 g/mol. The average molecular weight is 342 g/mol. The smallest absolute Gasteiger partial charge is 0.323 e. The van der Waals surface area contributed by atoms with Gasteiger partial charge in [0.05, 0.1) is 10.7 Å². The summed E-state index contributed by atoms with van der Waals surface area (Å²) < 4.78 is 0. The third-order valence-corrected chi connectivity index (χ3v) is 4.21. The molecule has 0 spiro atoms. The number of anilines is 1. The minimum absolute atomic E-state index is 0.115. The van der Waals surface area contributed by atoms with Gasteiger partial charge in [-0.3, -0.25) is 9.59 Å². The van der Waals surface area contributed by atoms with E-state index in [0.29, 0.717) is 21.8 Å². The molecule has 3 rings (SSSR count). The first-order chi connectivity index (χ1) is 11.5. The van der Waals surface area contributed by atoms with E-state index in [-0.39, 0.29) is 18.9 Å². The van der Waals surface area contributed by atoms with Crippen LogP contribution in [0.3, 0.4) is 0 Å². The topological polar surface area (TPSA) is 57.6 Å². The van der Waals surface area contributed by atoms with Crippen molar-refractivity contribution >= 4 is 35.1 Å². The number of carboxylic acids is 1. The van der Waals surface area contributed by atoms with Crippen LogP contribution >= 0.6 is 11.6 Å². The van der Waals surface area contributed by atoms with Crippen molar-refractivity contribution in [3.63, 3.8) is 0 Å². The number of para-hydroxylation sites is 1. The molecule has 1 heterocycles. The molecule has 0 fully saturated rings. The standard InChI is InChI=1S/C19H16ClNO3/c1-12-4-2-5-13(8-12)9-14-10-21(11-17(22)23)18-15(19(14)24)6-3-7-16(18)20/h2-9H,10-11H2,1H3,(H,22,23)/b14-9+. The van der Waals surface area contributed by atoms with Crippen LogP contribution in [0.15, 0.2) is 48.0 Å². The Morgan fingerprint density at radius 2 is 2.04 bits per heavy atom. The number of nitrogens with zero attached hydrogens (tertiary/aromatic N) is 1. The molecular formula is C19H16ClNO3. The van der Waals surface area contributed by atoms with Crippen LogP contribution in [0.25, 0.3) is 6.08 Å². The zero-order chi connectivity index (χ0) is 17.3. The Hall–Kier alpha value is -2.59. The second kappa shape index (κ2) is 6.49. The normalized spacial score (nSPS) is 15.5. The van der Waals surface area contributed by atoms with E-state index in [9.17, 15) is 14.7 Å². The van der Waals surface area contributed by atoms with Gasteiger partial charge < -0.3 is 10.0 Å². The van der Waals surface area contributed by atoms with Crippen LogP contribution in [0.1, 0.15) is 21.5 Å². The molecule has 122 valence electrons. The number of carbonyl (C=O) groups is 2. The van der Waals surface area contributed by atoms with Gasteiger partial charge in [-0.25, -0.2) is 0 Å². The van der Waals surface area contributed by atoms with Crippen LogP contribution < -0.4 is 4.90 Å². The number of aliphatic carboxylic acids is 1. The molecule has 2 aromatic rings. The molecule has 0 saturated heterocycles. The highest BCUT2D eigenvalue weighted by molar-refractivity contribution is 6.35. The molecule has 1 aliphatic heterocycles. The van der Waals surface area contributed by atoms with Crippen LogP contribution in [0, 0.1) is 6.92 Å². The third kappa shape index (κ3) is 3.19. The Bertz CT molecular complexity index is 857. The molecule has 0 aromatic heterocycles. The molecule has 0 bridgehead atoms. The fourth-order valence-corrected chi connectivity index (χ4v) is 3.21. The van der Waals surface area contributed by atoms with Crippen molar-refractivity contribution in [3.8, 4) is 0 Å². The van der Waals surface area contributed by atoms with E-state index < -0.39 is 5.97 Å². The highest BCUT2D eigenvalue weighted by Crippen LogP contribution is 2.36. The average Bonchev–Trinajstić information content (AvgIpc) is 2.51. The molecule has 2 aromatic carbocycles. The summed E-state index contributed by atoms with van der Waals surface area (Å²) in [6, 6.07) is 12.9. The second-order valence-corrected chi connectivity index (χ2v) is 6.21. The maximum Gasteiger partial charge on any atom is 0.323 e. The van der Waals surface area contributed by atoms with Crippen molar-refractivity contribution in [1.29, 1.82) is 0 Å². The van der Waals surface area contributed by atoms with Crippen molar-refractivity contribution in [1.82, 2.24) is 0 Å². The molecule has 24 heavy (non-hydrogen) atoms. The van der Waals surface area contributed by atoms with E-state index in [4.69, 9.17) is 11.6 Å². The number of hydrogen-bond donors (Lipinski definition) is 1. The highest BCUT2D eigenvalue weighted by Gasteiger charge is 2.30. The summed E-state index contributed by atoms with van der Waals surface area (Å²) in [6.45, 7) is 1.99. The lowest BCUT2D eigenvalue weighted by atomic mass is 9.94. The molecule has 0 unspecified atom stereocenters. The number of aryl methyl sites for hydroxylation is 1. The summed E-state index contributed by atoms with van der Waals surface area (Å²) >= 11 is 6.21. The Morgan fingerprint density at radius 1 is 1.29 bits per heavy atom. The van der Waals surface area contributed by atoms with Crippen LogP contribution in [0.2, 0.25) is 5.02 Å². The Balaban J connectivity index is 2.08. The SMILES string of the molecule is Cc1cccc(/C=C2\CN(CC(=O)O)c3c(Cl)cccc3C2=O)c1. The van der Waals surface area contributed by atoms with E-state index in [1.807, 2.05) is 37.3 Å². The Labute approximate surface area is 145 Å². The lowest BCUT2D eigenvalue weighted by molar-refractivity contribution is -0.135. The summed E-state index contributed by atoms with van der Waals surface area (Å²) in [4.78, 5) is 25.6. The highest BCUT2D eigenvalue weighted by atomic mass is 35.5. The minimum atomic E-state index is -0.967. The van der Waals surface area contributed by atoms with Crippen molar-refractivity contribution < 1.29 is 14.7 Å². The lowest BCUT2D eigenvalue weighted by Gasteiger charge is -2.31. The van der Waals surface area contributed by atoms with Crippen LogP contribution in [0.4, 0.5) is 5.69 Å². The number of halogens is 1. The number of Topliss-reactive ketones (excluding diaryl/α,β-unsaturated/α-hetero) is 1. The molecule has 0 amide bonds. The largest absolute Gasteiger partial charge is 0.480 e. The zero-order valence-corrected chi connectivity index (χ0v) is 13.9. The monoisotopic (exact) mass is 341 g/mol. The molecule has 1 N–H and O–H groups in total. The van der Waals surface area contributed by atoms with Gasteiger partial charge in [-0.15, -0.1) is 0 Å². The van der Waals surface area contributed by atoms with Crippen molar-refractivity contribution in [3.05, 3.63) is 69.8 Å². The first kappa shape index (κ1) is 16.3. The summed E-state index contributed by atoms with van der Waals surface area (Å²) in [5, 5.41) is 9.56. The molecule has 0 saturated carbocycles. The van der Waals surface area contributed by atoms with Gasteiger partial charge in [0.15, 0.2) is 5.78 Å². The van der Waals surface area contributed by atoms with Gasteiger partial charge in [0.1, 0.15) is 6.54 Å². The van der Waals surface area contributed by atoms with Gasteiger partial charge >= 0.3 is 5.97 Å². The van der Waals surface area contributed by atoms with Crippen molar-refractivity contribution in [2.45, 2.75) is 6.92 Å². The van der Waals surface area contributed by atoms with Crippen LogP contribution in [0.5, 0.6) is 0 Å². The summed E-state index contributed by atoms with van der Waals surface area (Å²) in [7, 11) is 0. The quantitative estimate of drug-likeness (QED) is 0.862. The Kier molecular flexibility index (Phi) is 4.40. The van der Waals surface area contributed by atoms with Crippen LogP contribution in [-0.4, -0.2) is 29.9 Å². The molecule has 1 aliphatic rings. The molecule has 0 aliphatic carbocycles. The fourth-order valence-electron chi connectivity index (χ4n) is 2.92. The number of carboxylic acid groups (broad SMARTS) is 1. The minimum Gasteiger partial charge on any atom is -0.480 e. The van der Waals surface area contributed by atoms with E-state index in [2.05, 4.69) is 0 Å². The number of benzene rings is 2. The predicted molar refractivity (Wildman–Crippen MR) is 94.8 cm³/mol. The fraction of sp³-hybridized carbons (Fsp3) is 0.158. The predicted octanol–water partition coefficient (Wildman–Crippen LogP) is 3.82. The maximum absolute atomic E-state index is 12.8. The summed E-state index contributed by atoms with van der Waals surface area (Å²) in [5.74, 6) is -1.08. The maximum atomic E-state index is 12.8. The lowest BCUT2D eigenvalue weighted by Crippen LogP contribution is -2.38. The van der Waals surface area contributed by atoms with E-state index in [0.717, 1.165) is 11.1 Å². The third-order valence-electron chi connectivity index (χ3n) is 3.91. The second-order valence-electron chi connectivity index (χ2n) is 5.80. The molecule has 5 heteroatoms. The number of rotatable bonds is 3. The van der Waals surface area contributed by atoms with Gasteiger partial charge in [-0.1, -0.05) is 47.5 Å². The van der Waals surface area contributed by atoms with E-state index >= 15 is 0 Å². The summed E-state index contributed by atoms with van der Waals surface area (Å²) in [5.41, 5.74) is 3.50. The van der Waals surface area contributed by atoms with Gasteiger partial charge in [-0.2, -0.15) is 0 Å². The van der Waals surface area contributed by atoms with Crippen molar-refractivity contribution in [2.75, 3.05) is 18.0 Å². The van der Waals surface area contributed by atoms with Gasteiger partial charge in [0.25, 0.3) is 0 Å². The van der Waals surface area contributed by atoms with Crippen LogP contribution in [-0.2, 0) is 4.79 Å². The molecule has 0 radical (unpaired) electrons. The van der Waals surface area contributed by atoms with Gasteiger partial charge in [0.2, 0.25) is 0 Å². The van der Waals surface area contributed by atoms with E-state index in [1.54, 1.807) is 23.1 Å².